The van der Waals surface area contributed by atoms with Gasteiger partial charge in [0.1, 0.15) is 0 Å². The third-order valence-corrected chi connectivity index (χ3v) is 3.26. The molecule has 1 heterocycles. The lowest BCUT2D eigenvalue weighted by Gasteiger charge is -2.18. The van der Waals surface area contributed by atoms with Crippen molar-refractivity contribution in [3.8, 4) is 0 Å². The molecule has 0 amide bonds. The van der Waals surface area contributed by atoms with Crippen LogP contribution in [0, 0.1) is 0 Å². The van der Waals surface area contributed by atoms with E-state index in [1.807, 2.05) is 0 Å². The second-order valence-electron chi connectivity index (χ2n) is 5.59. The summed E-state index contributed by atoms with van der Waals surface area (Å²) in [5.41, 5.74) is 3.47. The second kappa shape index (κ2) is 3.65. The standard InChI is InChI=1S/C13H19NO2/c1-13(2,3)11-10(12(15)16)8-6-4-5-7-9(8)14-11/h14H,4-7H2,1-3H3,(H,15,16). The maximum absolute atomic E-state index is 11.4. The predicted molar refractivity (Wildman–Crippen MR) is 63.1 cm³/mol. The van der Waals surface area contributed by atoms with Gasteiger partial charge in [-0.3, -0.25) is 0 Å². The summed E-state index contributed by atoms with van der Waals surface area (Å²) in [4.78, 5) is 14.7. The molecule has 0 atom stereocenters. The van der Waals surface area contributed by atoms with E-state index in [-0.39, 0.29) is 5.41 Å². The van der Waals surface area contributed by atoms with Crippen molar-refractivity contribution in [3.05, 3.63) is 22.5 Å². The molecule has 2 N–H and O–H groups in total. The molecule has 0 unspecified atom stereocenters. The van der Waals surface area contributed by atoms with Gasteiger partial charge in [-0.1, -0.05) is 20.8 Å². The highest BCUT2D eigenvalue weighted by atomic mass is 16.4. The molecule has 1 aromatic rings. The Hall–Kier alpha value is -1.25. The molecule has 3 nitrogen and oxygen atoms in total. The van der Waals surface area contributed by atoms with Crippen molar-refractivity contribution in [2.45, 2.75) is 51.9 Å². The number of hydrogen-bond donors (Lipinski definition) is 2. The summed E-state index contributed by atoms with van der Waals surface area (Å²) in [6.07, 6.45) is 4.17. The van der Waals surface area contributed by atoms with E-state index >= 15 is 0 Å². The zero-order chi connectivity index (χ0) is 11.9. The van der Waals surface area contributed by atoms with Crippen molar-refractivity contribution in [2.24, 2.45) is 0 Å². The molecule has 88 valence electrons. The lowest BCUT2D eigenvalue weighted by atomic mass is 9.87. The van der Waals surface area contributed by atoms with Gasteiger partial charge in [-0.05, 0) is 31.2 Å². The first-order valence-corrected chi connectivity index (χ1v) is 5.88. The van der Waals surface area contributed by atoms with Crippen molar-refractivity contribution in [1.29, 1.82) is 0 Å². The summed E-state index contributed by atoms with van der Waals surface area (Å²) < 4.78 is 0. The first-order valence-electron chi connectivity index (χ1n) is 5.88. The Labute approximate surface area is 95.9 Å². The Bertz CT molecular complexity index is 424. The van der Waals surface area contributed by atoms with Gasteiger partial charge in [0.05, 0.1) is 5.56 Å². The van der Waals surface area contributed by atoms with Crippen molar-refractivity contribution >= 4 is 5.97 Å². The summed E-state index contributed by atoms with van der Waals surface area (Å²) in [7, 11) is 0. The number of H-pyrrole nitrogens is 1. The monoisotopic (exact) mass is 221 g/mol. The van der Waals surface area contributed by atoms with Crippen LogP contribution in [-0.2, 0) is 18.3 Å². The number of nitrogens with one attached hydrogen (secondary N) is 1. The average molecular weight is 221 g/mol. The van der Waals surface area contributed by atoms with Gasteiger partial charge in [0, 0.05) is 16.8 Å². The minimum Gasteiger partial charge on any atom is -0.478 e. The number of aromatic carboxylic acids is 1. The number of aromatic nitrogens is 1. The summed E-state index contributed by atoms with van der Waals surface area (Å²) in [6, 6.07) is 0. The molecule has 16 heavy (non-hydrogen) atoms. The van der Waals surface area contributed by atoms with Gasteiger partial charge in [0.2, 0.25) is 0 Å². The molecule has 1 aliphatic rings. The molecule has 1 aromatic heterocycles. The minimum atomic E-state index is -0.788. The topological polar surface area (TPSA) is 53.1 Å². The van der Waals surface area contributed by atoms with Crippen molar-refractivity contribution in [3.63, 3.8) is 0 Å². The number of aromatic amines is 1. The van der Waals surface area contributed by atoms with E-state index in [1.54, 1.807) is 0 Å². The molecule has 0 radical (unpaired) electrons. The number of hydrogen-bond acceptors (Lipinski definition) is 1. The number of carboxylic acids is 1. The first kappa shape index (κ1) is 11.2. The molecule has 0 aliphatic heterocycles. The van der Waals surface area contributed by atoms with Gasteiger partial charge < -0.3 is 10.1 Å². The number of fused-ring (bicyclic) bond motifs is 1. The highest BCUT2D eigenvalue weighted by molar-refractivity contribution is 5.92. The average Bonchev–Trinajstić information content (AvgIpc) is 2.55. The molecule has 0 saturated carbocycles. The fourth-order valence-electron chi connectivity index (χ4n) is 2.48. The second-order valence-corrected chi connectivity index (χ2v) is 5.59. The van der Waals surface area contributed by atoms with Crippen molar-refractivity contribution < 1.29 is 9.90 Å². The van der Waals surface area contributed by atoms with Crippen LogP contribution in [-0.4, -0.2) is 16.1 Å². The van der Waals surface area contributed by atoms with Gasteiger partial charge in [0.15, 0.2) is 0 Å². The Morgan fingerprint density at radius 3 is 2.44 bits per heavy atom. The minimum absolute atomic E-state index is 0.134. The largest absolute Gasteiger partial charge is 0.478 e. The summed E-state index contributed by atoms with van der Waals surface area (Å²) in [6.45, 7) is 6.16. The van der Waals surface area contributed by atoms with Gasteiger partial charge in [-0.2, -0.15) is 0 Å². The molecule has 1 aliphatic carbocycles. The quantitative estimate of drug-likeness (QED) is 0.766. The van der Waals surface area contributed by atoms with Crippen LogP contribution in [0.2, 0.25) is 0 Å². The third-order valence-electron chi connectivity index (χ3n) is 3.26. The fraction of sp³-hybridized carbons (Fsp3) is 0.615. The highest BCUT2D eigenvalue weighted by Gasteiger charge is 2.29. The van der Waals surface area contributed by atoms with E-state index in [0.29, 0.717) is 5.56 Å². The molecule has 0 fully saturated rings. The van der Waals surface area contributed by atoms with Gasteiger partial charge in [-0.15, -0.1) is 0 Å². The van der Waals surface area contributed by atoms with Crippen LogP contribution in [0.4, 0.5) is 0 Å². The van der Waals surface area contributed by atoms with Crippen molar-refractivity contribution in [1.82, 2.24) is 4.98 Å². The zero-order valence-corrected chi connectivity index (χ0v) is 10.2. The maximum Gasteiger partial charge on any atom is 0.337 e. The van der Waals surface area contributed by atoms with Crippen LogP contribution in [0.5, 0.6) is 0 Å². The van der Waals surface area contributed by atoms with Gasteiger partial charge in [-0.25, -0.2) is 4.79 Å². The number of aryl methyl sites for hydroxylation is 1. The van der Waals surface area contributed by atoms with E-state index in [1.165, 1.54) is 0 Å². The van der Waals surface area contributed by atoms with Crippen LogP contribution in [0.3, 0.4) is 0 Å². The van der Waals surface area contributed by atoms with Crippen LogP contribution in [0.15, 0.2) is 0 Å². The normalized spacial score (nSPS) is 15.9. The summed E-state index contributed by atoms with van der Waals surface area (Å²) in [5, 5.41) is 9.35. The van der Waals surface area contributed by atoms with Crippen LogP contribution >= 0.6 is 0 Å². The van der Waals surface area contributed by atoms with E-state index in [4.69, 9.17) is 0 Å². The number of carboxylic acid groups (broad SMARTS) is 1. The number of carbonyl (C=O) groups is 1. The van der Waals surface area contributed by atoms with Gasteiger partial charge in [0.25, 0.3) is 0 Å². The predicted octanol–water partition coefficient (Wildman–Crippen LogP) is 2.89. The first-order chi connectivity index (χ1) is 7.41. The van der Waals surface area contributed by atoms with Crippen LogP contribution < -0.4 is 0 Å². The molecular formula is C13H19NO2. The maximum atomic E-state index is 11.4. The molecule has 2 rings (SSSR count). The van der Waals surface area contributed by atoms with E-state index in [9.17, 15) is 9.90 Å². The Kier molecular flexibility index (Phi) is 2.56. The molecule has 3 heteroatoms. The lowest BCUT2D eigenvalue weighted by Crippen LogP contribution is -2.17. The van der Waals surface area contributed by atoms with Crippen molar-refractivity contribution in [2.75, 3.05) is 0 Å². The molecule has 0 spiro atoms. The van der Waals surface area contributed by atoms with Crippen LogP contribution in [0.1, 0.15) is 60.9 Å². The fourth-order valence-corrected chi connectivity index (χ4v) is 2.48. The highest BCUT2D eigenvalue weighted by Crippen LogP contribution is 2.33. The van der Waals surface area contributed by atoms with E-state index in [0.717, 1.165) is 42.6 Å². The Morgan fingerprint density at radius 1 is 1.25 bits per heavy atom. The number of rotatable bonds is 1. The summed E-state index contributed by atoms with van der Waals surface area (Å²) in [5.74, 6) is -0.788. The zero-order valence-electron chi connectivity index (χ0n) is 10.2. The molecule has 0 aromatic carbocycles. The molecule has 0 saturated heterocycles. The Balaban J connectivity index is 2.61. The van der Waals surface area contributed by atoms with E-state index in [2.05, 4.69) is 25.8 Å². The lowest BCUT2D eigenvalue weighted by molar-refractivity contribution is 0.0693. The van der Waals surface area contributed by atoms with E-state index < -0.39 is 5.97 Å². The van der Waals surface area contributed by atoms with Crippen LogP contribution in [0.25, 0.3) is 0 Å². The molecule has 0 bridgehead atoms. The SMILES string of the molecule is CC(C)(C)c1[nH]c2c(c1C(=O)O)CCCC2. The third kappa shape index (κ3) is 1.75. The smallest absolute Gasteiger partial charge is 0.337 e. The summed E-state index contributed by atoms with van der Waals surface area (Å²) >= 11 is 0. The molecular weight excluding hydrogens is 202 g/mol. The Morgan fingerprint density at radius 2 is 1.88 bits per heavy atom. The van der Waals surface area contributed by atoms with Gasteiger partial charge >= 0.3 is 5.97 Å².